The number of Topliss-reactive ketones (excluding diaryl/α,β-unsaturated/α-hetero) is 1. The van der Waals surface area contributed by atoms with Crippen LogP contribution in [0.5, 0.6) is 0 Å². The zero-order valence-corrected chi connectivity index (χ0v) is 15.0. The van der Waals surface area contributed by atoms with Gasteiger partial charge >= 0.3 is 6.09 Å². The first-order chi connectivity index (χ1) is 12.6. The lowest BCUT2D eigenvalue weighted by atomic mass is 9.99. The topological polar surface area (TPSA) is 65.4 Å². The smallest absolute Gasteiger partial charge is 0.419 e. The number of halogens is 1. The van der Waals surface area contributed by atoms with Crippen molar-refractivity contribution in [3.05, 3.63) is 82.0 Å². The van der Waals surface area contributed by atoms with E-state index in [0.29, 0.717) is 10.9 Å². The second-order valence-corrected chi connectivity index (χ2v) is 6.66. The number of para-hydroxylation sites is 1. The molecule has 1 heterocycles. The van der Waals surface area contributed by atoms with Crippen LogP contribution in [0.15, 0.2) is 65.2 Å². The second kappa shape index (κ2) is 6.38. The molecule has 0 fully saturated rings. The van der Waals surface area contributed by atoms with E-state index < -0.39 is 11.9 Å². The minimum absolute atomic E-state index is 0.0311. The van der Waals surface area contributed by atoms with Crippen LogP contribution < -0.4 is 0 Å². The predicted molar refractivity (Wildman–Crippen MR) is 99.6 cm³/mol. The molecule has 0 amide bonds. The van der Waals surface area contributed by atoms with Crippen molar-refractivity contribution in [3.8, 4) is 0 Å². The van der Waals surface area contributed by atoms with Gasteiger partial charge in [0.15, 0.2) is 5.78 Å². The van der Waals surface area contributed by atoms with Crippen LogP contribution in [0.25, 0.3) is 10.9 Å². The number of ether oxygens (including phenoxy) is 1. The number of ketones is 2. The summed E-state index contributed by atoms with van der Waals surface area (Å²) in [5.74, 6) is -0.746. The Labute approximate surface area is 157 Å². The highest BCUT2D eigenvalue weighted by atomic mass is 79.9. The van der Waals surface area contributed by atoms with E-state index >= 15 is 0 Å². The number of nitrogens with zero attached hydrogens (tertiary/aromatic N) is 1. The van der Waals surface area contributed by atoms with Gasteiger partial charge in [0, 0.05) is 11.5 Å². The molecular weight excluding hydrogens is 398 g/mol. The van der Waals surface area contributed by atoms with Gasteiger partial charge in [0.05, 0.1) is 15.6 Å². The lowest BCUT2D eigenvalue weighted by Crippen LogP contribution is -2.23. The molecule has 2 aromatic carbocycles. The molecular formula is C20H12BrNO4. The summed E-state index contributed by atoms with van der Waals surface area (Å²) >= 11 is 3.11. The van der Waals surface area contributed by atoms with E-state index in [1.54, 1.807) is 24.3 Å². The number of hydrogen-bond acceptors (Lipinski definition) is 4. The monoisotopic (exact) mass is 409 g/mol. The molecule has 1 aliphatic carbocycles. The first-order valence-corrected chi connectivity index (χ1v) is 8.68. The number of carbonyl (C=O) groups excluding carboxylic acids is 3. The molecule has 0 aliphatic heterocycles. The Morgan fingerprint density at radius 2 is 1.69 bits per heavy atom. The molecule has 1 aliphatic rings. The number of aromatic nitrogens is 1. The Bertz CT molecular complexity index is 1100. The third-order valence-corrected chi connectivity index (χ3v) is 4.79. The van der Waals surface area contributed by atoms with Crippen molar-refractivity contribution < 1.29 is 19.1 Å². The van der Waals surface area contributed by atoms with Gasteiger partial charge in [-0.25, -0.2) is 9.36 Å². The Morgan fingerprint density at radius 1 is 1.00 bits per heavy atom. The molecule has 3 aromatic rings. The van der Waals surface area contributed by atoms with Gasteiger partial charge in [-0.3, -0.25) is 9.59 Å². The van der Waals surface area contributed by atoms with Crippen molar-refractivity contribution in [2.45, 2.75) is 6.61 Å². The van der Waals surface area contributed by atoms with E-state index in [1.807, 2.05) is 30.3 Å². The van der Waals surface area contributed by atoms with E-state index in [4.69, 9.17) is 4.74 Å². The van der Waals surface area contributed by atoms with Crippen LogP contribution in [0.4, 0.5) is 4.79 Å². The molecule has 4 rings (SSSR count). The van der Waals surface area contributed by atoms with Crippen molar-refractivity contribution in [2.75, 3.05) is 0 Å². The van der Waals surface area contributed by atoms with Gasteiger partial charge < -0.3 is 4.74 Å². The molecule has 0 atom stereocenters. The molecule has 1 aromatic heterocycles. The van der Waals surface area contributed by atoms with Crippen LogP contribution in [-0.4, -0.2) is 22.2 Å². The quantitative estimate of drug-likeness (QED) is 0.625. The third-order valence-electron chi connectivity index (χ3n) is 4.20. The van der Waals surface area contributed by atoms with Gasteiger partial charge in [-0.1, -0.05) is 48.5 Å². The van der Waals surface area contributed by atoms with E-state index in [0.717, 1.165) is 5.56 Å². The number of benzene rings is 2. The predicted octanol–water partition coefficient (Wildman–Crippen LogP) is 4.48. The maximum atomic E-state index is 12.8. The summed E-state index contributed by atoms with van der Waals surface area (Å²) in [5, 5.41) is 0.550. The molecule has 26 heavy (non-hydrogen) atoms. The lowest BCUT2D eigenvalue weighted by molar-refractivity contribution is 0.0982. The zero-order valence-electron chi connectivity index (χ0n) is 13.4. The van der Waals surface area contributed by atoms with Crippen LogP contribution in [0.3, 0.4) is 0 Å². The molecule has 0 radical (unpaired) electrons. The highest BCUT2D eigenvalue weighted by Crippen LogP contribution is 2.33. The number of fused-ring (bicyclic) bond motifs is 3. The molecule has 0 saturated carbocycles. The van der Waals surface area contributed by atoms with Crippen LogP contribution in [0, 0.1) is 0 Å². The summed E-state index contributed by atoms with van der Waals surface area (Å²) in [6.07, 6.45) is 0.533. The van der Waals surface area contributed by atoms with Gasteiger partial charge in [0.25, 0.3) is 0 Å². The molecule has 0 spiro atoms. The van der Waals surface area contributed by atoms with Crippen LogP contribution in [-0.2, 0) is 11.3 Å². The Morgan fingerprint density at radius 3 is 2.46 bits per heavy atom. The maximum absolute atomic E-state index is 12.8. The highest BCUT2D eigenvalue weighted by Gasteiger charge is 2.34. The van der Waals surface area contributed by atoms with Gasteiger partial charge in [-0.2, -0.15) is 0 Å². The maximum Gasteiger partial charge on any atom is 0.419 e. The molecule has 0 saturated heterocycles. The summed E-state index contributed by atoms with van der Waals surface area (Å²) in [7, 11) is 0. The number of rotatable bonds is 2. The Hall–Kier alpha value is -2.99. The number of hydrogen-bond donors (Lipinski definition) is 0. The van der Waals surface area contributed by atoms with Gasteiger partial charge in [0.2, 0.25) is 5.78 Å². The van der Waals surface area contributed by atoms with Crippen molar-refractivity contribution in [3.63, 3.8) is 0 Å². The summed E-state index contributed by atoms with van der Waals surface area (Å²) < 4.78 is 6.69. The van der Waals surface area contributed by atoms with Crippen LogP contribution in [0.1, 0.15) is 26.4 Å². The van der Waals surface area contributed by atoms with Crippen molar-refractivity contribution in [1.29, 1.82) is 0 Å². The molecule has 0 N–H and O–H groups in total. The standard InChI is InChI=1S/C20H12BrNO4/c21-14-10-16(23)17-13-8-4-5-9-15(13)22(18(17)19(14)24)20(25)26-11-12-6-2-1-3-7-12/h1-10H,11H2. The van der Waals surface area contributed by atoms with E-state index in [-0.39, 0.29) is 28.1 Å². The zero-order chi connectivity index (χ0) is 18.3. The summed E-state index contributed by atoms with van der Waals surface area (Å²) in [5.41, 5.74) is 1.55. The van der Waals surface area contributed by atoms with Crippen molar-refractivity contribution >= 4 is 44.5 Å². The first kappa shape index (κ1) is 16.5. The fraction of sp³-hybridized carbons (Fsp3) is 0.0500. The van der Waals surface area contributed by atoms with Crippen LogP contribution >= 0.6 is 15.9 Å². The fourth-order valence-corrected chi connectivity index (χ4v) is 3.44. The van der Waals surface area contributed by atoms with E-state index in [2.05, 4.69) is 15.9 Å². The average molecular weight is 410 g/mol. The number of carbonyl (C=O) groups is 3. The summed E-state index contributed by atoms with van der Waals surface area (Å²) in [6.45, 7) is 0.0695. The Kier molecular flexibility index (Phi) is 4.05. The minimum atomic E-state index is -0.699. The van der Waals surface area contributed by atoms with Crippen LogP contribution in [0.2, 0.25) is 0 Å². The van der Waals surface area contributed by atoms with Gasteiger partial charge in [0.1, 0.15) is 12.3 Å². The minimum Gasteiger partial charge on any atom is -0.444 e. The molecule has 0 unspecified atom stereocenters. The third kappa shape index (κ3) is 2.59. The first-order valence-electron chi connectivity index (χ1n) is 7.88. The summed E-state index contributed by atoms with van der Waals surface area (Å²) in [6, 6.07) is 16.1. The second-order valence-electron chi connectivity index (χ2n) is 5.80. The van der Waals surface area contributed by atoms with Crippen molar-refractivity contribution in [1.82, 2.24) is 4.57 Å². The fourth-order valence-electron chi connectivity index (χ4n) is 3.04. The van der Waals surface area contributed by atoms with Crippen molar-refractivity contribution in [2.24, 2.45) is 0 Å². The Balaban J connectivity index is 1.82. The summed E-state index contributed by atoms with van der Waals surface area (Å²) in [4.78, 5) is 37.8. The molecule has 0 bridgehead atoms. The number of allylic oxidation sites excluding steroid dienone is 2. The highest BCUT2D eigenvalue weighted by molar-refractivity contribution is 9.12. The largest absolute Gasteiger partial charge is 0.444 e. The molecule has 6 heteroatoms. The SMILES string of the molecule is O=C1C=C(Br)C(=O)c2c1c1ccccc1n2C(=O)OCc1ccccc1. The average Bonchev–Trinajstić information content (AvgIpc) is 3.01. The van der Waals surface area contributed by atoms with E-state index in [1.165, 1.54) is 10.6 Å². The van der Waals surface area contributed by atoms with E-state index in [9.17, 15) is 14.4 Å². The van der Waals surface area contributed by atoms with Gasteiger partial charge in [-0.05, 0) is 27.6 Å². The van der Waals surface area contributed by atoms with Gasteiger partial charge in [-0.15, -0.1) is 0 Å². The normalized spacial score (nSPS) is 13.5. The lowest BCUT2D eigenvalue weighted by Gasteiger charge is -2.12. The molecule has 128 valence electrons. The molecule has 5 nitrogen and oxygen atoms in total.